The molecule has 4 nitrogen and oxygen atoms in total. The van der Waals surface area contributed by atoms with E-state index in [9.17, 15) is 0 Å². The zero-order chi connectivity index (χ0) is 12.1. The largest absolute Gasteiger partial charge is 0.377 e. The average Bonchev–Trinajstić information content (AvgIpc) is 2.99. The van der Waals surface area contributed by atoms with E-state index in [-0.39, 0.29) is 0 Å². The van der Waals surface area contributed by atoms with Gasteiger partial charge < -0.3 is 15.2 Å². The van der Waals surface area contributed by atoms with Crippen LogP contribution >= 0.6 is 0 Å². The fraction of sp³-hybridized carbons (Fsp3) is 1.00. The molecule has 2 rings (SSSR count). The van der Waals surface area contributed by atoms with E-state index in [1.165, 1.54) is 12.8 Å². The van der Waals surface area contributed by atoms with Crippen LogP contribution in [-0.4, -0.2) is 56.0 Å². The van der Waals surface area contributed by atoms with E-state index in [4.69, 9.17) is 15.2 Å². The Hall–Kier alpha value is -0.160. The molecular weight excluding hydrogens is 216 g/mol. The molecule has 0 radical (unpaired) electrons. The van der Waals surface area contributed by atoms with E-state index in [2.05, 4.69) is 11.8 Å². The van der Waals surface area contributed by atoms with Crippen LogP contribution in [-0.2, 0) is 9.47 Å². The van der Waals surface area contributed by atoms with E-state index in [1.54, 1.807) is 0 Å². The SMILES string of the molecule is CCN(CC1CCCO1)CC1CCC(CN)O1. The maximum atomic E-state index is 5.90. The van der Waals surface area contributed by atoms with Gasteiger partial charge in [-0.1, -0.05) is 6.92 Å². The second kappa shape index (κ2) is 6.69. The summed E-state index contributed by atoms with van der Waals surface area (Å²) in [5.41, 5.74) is 5.63. The molecule has 2 saturated heterocycles. The molecule has 0 aromatic carbocycles. The number of hydrogen-bond donors (Lipinski definition) is 1. The molecule has 2 aliphatic rings. The van der Waals surface area contributed by atoms with Crippen LogP contribution in [0.3, 0.4) is 0 Å². The van der Waals surface area contributed by atoms with Crippen molar-refractivity contribution in [1.82, 2.24) is 4.90 Å². The molecule has 0 amide bonds. The second-order valence-electron chi connectivity index (χ2n) is 5.18. The van der Waals surface area contributed by atoms with E-state index in [0.29, 0.717) is 24.9 Å². The maximum absolute atomic E-state index is 5.90. The predicted molar refractivity (Wildman–Crippen MR) is 68.0 cm³/mol. The zero-order valence-corrected chi connectivity index (χ0v) is 10.9. The lowest BCUT2D eigenvalue weighted by molar-refractivity contribution is 0.0130. The number of hydrogen-bond acceptors (Lipinski definition) is 4. The summed E-state index contributed by atoms with van der Waals surface area (Å²) in [5, 5.41) is 0. The van der Waals surface area contributed by atoms with E-state index in [1.807, 2.05) is 0 Å². The number of nitrogens with zero attached hydrogens (tertiary/aromatic N) is 1. The first-order valence-electron chi connectivity index (χ1n) is 7.01. The molecule has 0 spiro atoms. The van der Waals surface area contributed by atoms with Gasteiger partial charge in [0.2, 0.25) is 0 Å². The first-order chi connectivity index (χ1) is 8.31. The van der Waals surface area contributed by atoms with Gasteiger partial charge in [-0.2, -0.15) is 0 Å². The van der Waals surface area contributed by atoms with Gasteiger partial charge in [0.1, 0.15) is 0 Å². The summed E-state index contributed by atoms with van der Waals surface area (Å²) in [6, 6.07) is 0. The van der Waals surface area contributed by atoms with Crippen molar-refractivity contribution in [1.29, 1.82) is 0 Å². The Morgan fingerprint density at radius 3 is 2.47 bits per heavy atom. The average molecular weight is 242 g/mol. The van der Waals surface area contributed by atoms with Gasteiger partial charge in [0, 0.05) is 26.2 Å². The topological polar surface area (TPSA) is 47.7 Å². The molecule has 3 atom stereocenters. The molecule has 2 fully saturated rings. The molecule has 17 heavy (non-hydrogen) atoms. The van der Waals surface area contributed by atoms with Crippen LogP contribution in [0.1, 0.15) is 32.6 Å². The lowest BCUT2D eigenvalue weighted by Crippen LogP contribution is -2.38. The highest BCUT2D eigenvalue weighted by molar-refractivity contribution is 4.78. The molecular formula is C13H26N2O2. The third-order valence-corrected chi connectivity index (χ3v) is 3.85. The van der Waals surface area contributed by atoms with Crippen LogP contribution in [0.25, 0.3) is 0 Å². The minimum Gasteiger partial charge on any atom is -0.377 e. The number of likely N-dealkylation sites (N-methyl/N-ethyl adjacent to an activating group) is 1. The smallest absolute Gasteiger partial charge is 0.0707 e. The highest BCUT2D eigenvalue weighted by Crippen LogP contribution is 2.20. The Balaban J connectivity index is 1.71. The fourth-order valence-corrected chi connectivity index (χ4v) is 2.78. The first-order valence-corrected chi connectivity index (χ1v) is 7.01. The van der Waals surface area contributed by atoms with Crippen LogP contribution in [0.15, 0.2) is 0 Å². The van der Waals surface area contributed by atoms with Crippen molar-refractivity contribution in [2.45, 2.75) is 50.9 Å². The summed E-state index contributed by atoms with van der Waals surface area (Å²) < 4.78 is 11.6. The summed E-state index contributed by atoms with van der Waals surface area (Å²) in [6.45, 7) is 6.99. The van der Waals surface area contributed by atoms with Gasteiger partial charge in [-0.3, -0.25) is 4.90 Å². The summed E-state index contributed by atoms with van der Waals surface area (Å²) in [4.78, 5) is 2.46. The Labute approximate surface area is 104 Å². The van der Waals surface area contributed by atoms with Crippen LogP contribution in [0.2, 0.25) is 0 Å². The number of nitrogens with two attached hydrogens (primary N) is 1. The van der Waals surface area contributed by atoms with Crippen molar-refractivity contribution in [3.63, 3.8) is 0 Å². The van der Waals surface area contributed by atoms with Crippen molar-refractivity contribution in [3.05, 3.63) is 0 Å². The van der Waals surface area contributed by atoms with Crippen molar-refractivity contribution < 1.29 is 9.47 Å². The minimum absolute atomic E-state index is 0.293. The molecule has 0 saturated carbocycles. The van der Waals surface area contributed by atoms with Gasteiger partial charge in [-0.05, 0) is 32.2 Å². The molecule has 0 bridgehead atoms. The van der Waals surface area contributed by atoms with Crippen molar-refractivity contribution in [2.24, 2.45) is 5.73 Å². The van der Waals surface area contributed by atoms with Gasteiger partial charge in [-0.15, -0.1) is 0 Å². The molecule has 0 aromatic rings. The molecule has 3 unspecified atom stereocenters. The summed E-state index contributed by atoms with van der Waals surface area (Å²) in [5.74, 6) is 0. The highest BCUT2D eigenvalue weighted by atomic mass is 16.5. The molecule has 0 aliphatic carbocycles. The molecule has 2 N–H and O–H groups in total. The summed E-state index contributed by atoms with van der Waals surface area (Å²) >= 11 is 0. The van der Waals surface area contributed by atoms with Gasteiger partial charge >= 0.3 is 0 Å². The van der Waals surface area contributed by atoms with Crippen molar-refractivity contribution in [3.8, 4) is 0 Å². The van der Waals surface area contributed by atoms with E-state index < -0.39 is 0 Å². The zero-order valence-electron chi connectivity index (χ0n) is 10.9. The van der Waals surface area contributed by atoms with Gasteiger partial charge in [0.25, 0.3) is 0 Å². The highest BCUT2D eigenvalue weighted by Gasteiger charge is 2.27. The van der Waals surface area contributed by atoms with E-state index >= 15 is 0 Å². The summed E-state index contributed by atoms with van der Waals surface area (Å²) in [6.07, 6.45) is 5.83. The van der Waals surface area contributed by atoms with E-state index in [0.717, 1.165) is 39.1 Å². The quantitative estimate of drug-likeness (QED) is 0.754. The number of rotatable bonds is 6. The number of ether oxygens (including phenoxy) is 2. The van der Waals surface area contributed by atoms with Gasteiger partial charge in [0.05, 0.1) is 18.3 Å². The minimum atomic E-state index is 0.293. The van der Waals surface area contributed by atoms with Crippen molar-refractivity contribution >= 4 is 0 Å². The third-order valence-electron chi connectivity index (χ3n) is 3.85. The fourth-order valence-electron chi connectivity index (χ4n) is 2.78. The Morgan fingerprint density at radius 2 is 1.88 bits per heavy atom. The lowest BCUT2D eigenvalue weighted by atomic mass is 10.1. The Bertz CT molecular complexity index is 219. The van der Waals surface area contributed by atoms with Crippen LogP contribution in [0, 0.1) is 0 Å². The third kappa shape index (κ3) is 3.91. The first kappa shape index (κ1) is 13.3. The molecule has 2 aliphatic heterocycles. The molecule has 0 aromatic heterocycles. The molecule has 4 heteroatoms. The molecule has 2 heterocycles. The second-order valence-corrected chi connectivity index (χ2v) is 5.18. The monoisotopic (exact) mass is 242 g/mol. The van der Waals surface area contributed by atoms with Crippen LogP contribution < -0.4 is 5.73 Å². The van der Waals surface area contributed by atoms with Crippen LogP contribution in [0.5, 0.6) is 0 Å². The lowest BCUT2D eigenvalue weighted by Gasteiger charge is -2.26. The normalized spacial score (nSPS) is 33.7. The predicted octanol–water partition coefficient (Wildman–Crippen LogP) is 0.994. The standard InChI is InChI=1S/C13H26N2O2/c1-2-15(9-12-4-3-7-16-12)10-13-6-5-11(8-14)17-13/h11-13H,2-10,14H2,1H3. The Morgan fingerprint density at radius 1 is 1.12 bits per heavy atom. The molecule has 100 valence electrons. The maximum Gasteiger partial charge on any atom is 0.0707 e. The Kier molecular flexibility index (Phi) is 5.22. The van der Waals surface area contributed by atoms with Crippen molar-refractivity contribution in [2.75, 3.05) is 32.8 Å². The van der Waals surface area contributed by atoms with Crippen LogP contribution in [0.4, 0.5) is 0 Å². The summed E-state index contributed by atoms with van der Waals surface area (Å²) in [7, 11) is 0. The van der Waals surface area contributed by atoms with Gasteiger partial charge in [-0.25, -0.2) is 0 Å². The van der Waals surface area contributed by atoms with Gasteiger partial charge in [0.15, 0.2) is 0 Å².